The van der Waals surface area contributed by atoms with Crippen LogP contribution < -0.4 is 5.43 Å². The summed E-state index contributed by atoms with van der Waals surface area (Å²) >= 11 is 3.44. The summed E-state index contributed by atoms with van der Waals surface area (Å²) in [6.07, 6.45) is 3.40. The van der Waals surface area contributed by atoms with Crippen LogP contribution in [0.1, 0.15) is 16.1 Å². The standard InChI is InChI=1S/C18H13BrFN3O/c19-13-5-3-6-14(11-13)23-10-4-7-15(23)12-21-22-18(24)16-8-1-2-9-17(16)20/h1-12H,(H,22,24)/b21-12-. The van der Waals surface area contributed by atoms with Crippen LogP contribution in [0.4, 0.5) is 4.39 Å². The lowest BCUT2D eigenvalue weighted by molar-refractivity contribution is 0.0951. The van der Waals surface area contributed by atoms with Gasteiger partial charge in [-0.05, 0) is 42.5 Å². The SMILES string of the molecule is O=C(N/N=C\c1cccn1-c1cccc(Br)c1)c1ccccc1F. The highest BCUT2D eigenvalue weighted by atomic mass is 79.9. The van der Waals surface area contributed by atoms with E-state index in [4.69, 9.17) is 0 Å². The Hall–Kier alpha value is -2.73. The Kier molecular flexibility index (Phi) is 4.86. The van der Waals surface area contributed by atoms with Gasteiger partial charge in [-0.3, -0.25) is 4.79 Å². The zero-order valence-electron chi connectivity index (χ0n) is 12.5. The molecule has 0 atom stereocenters. The predicted octanol–water partition coefficient (Wildman–Crippen LogP) is 4.14. The molecule has 3 rings (SSSR count). The van der Waals surface area contributed by atoms with Crippen LogP contribution in [0.25, 0.3) is 5.69 Å². The average molecular weight is 386 g/mol. The minimum atomic E-state index is -0.593. The summed E-state index contributed by atoms with van der Waals surface area (Å²) in [6, 6.07) is 17.3. The molecule has 0 aliphatic heterocycles. The van der Waals surface area contributed by atoms with Gasteiger partial charge >= 0.3 is 0 Å². The van der Waals surface area contributed by atoms with Gasteiger partial charge in [-0.2, -0.15) is 5.10 Å². The summed E-state index contributed by atoms with van der Waals surface area (Å²) in [4.78, 5) is 11.9. The van der Waals surface area contributed by atoms with Crippen molar-refractivity contribution < 1.29 is 9.18 Å². The zero-order chi connectivity index (χ0) is 16.9. The molecule has 120 valence electrons. The molecule has 1 N–H and O–H groups in total. The number of amides is 1. The van der Waals surface area contributed by atoms with Crippen molar-refractivity contribution >= 4 is 28.1 Å². The number of aromatic nitrogens is 1. The first-order valence-electron chi connectivity index (χ1n) is 7.16. The number of nitrogens with zero attached hydrogens (tertiary/aromatic N) is 2. The molecule has 6 heteroatoms. The van der Waals surface area contributed by atoms with Crippen LogP contribution in [-0.2, 0) is 0 Å². The molecule has 0 unspecified atom stereocenters. The van der Waals surface area contributed by atoms with Crippen molar-refractivity contribution in [2.75, 3.05) is 0 Å². The lowest BCUT2D eigenvalue weighted by Gasteiger charge is -2.06. The molecule has 0 aliphatic carbocycles. The third-order valence-corrected chi connectivity index (χ3v) is 3.84. The Balaban J connectivity index is 1.76. The number of hydrazone groups is 1. The first-order chi connectivity index (χ1) is 11.6. The minimum absolute atomic E-state index is 0.0444. The third kappa shape index (κ3) is 3.60. The highest BCUT2D eigenvalue weighted by Crippen LogP contribution is 2.17. The molecule has 1 heterocycles. The molecule has 0 saturated carbocycles. The van der Waals surface area contributed by atoms with Gasteiger partial charge in [0.2, 0.25) is 0 Å². The Morgan fingerprint density at radius 3 is 2.75 bits per heavy atom. The zero-order valence-corrected chi connectivity index (χ0v) is 14.1. The first-order valence-corrected chi connectivity index (χ1v) is 7.96. The van der Waals surface area contributed by atoms with Gasteiger partial charge in [0.25, 0.3) is 5.91 Å². The molecule has 4 nitrogen and oxygen atoms in total. The van der Waals surface area contributed by atoms with Crippen molar-refractivity contribution in [3.05, 3.63) is 88.4 Å². The van der Waals surface area contributed by atoms with Gasteiger partial charge in [-0.1, -0.05) is 34.1 Å². The molecule has 0 saturated heterocycles. The molecule has 24 heavy (non-hydrogen) atoms. The molecule has 0 aliphatic rings. The predicted molar refractivity (Wildman–Crippen MR) is 94.9 cm³/mol. The quantitative estimate of drug-likeness (QED) is 0.532. The minimum Gasteiger partial charge on any atom is -0.316 e. The molecule has 0 spiro atoms. The molecular formula is C18H13BrFN3O. The van der Waals surface area contributed by atoms with Crippen LogP contribution in [0, 0.1) is 5.82 Å². The van der Waals surface area contributed by atoms with Crippen molar-refractivity contribution in [2.24, 2.45) is 5.10 Å². The number of halogens is 2. The van der Waals surface area contributed by atoms with Crippen molar-refractivity contribution in [3.63, 3.8) is 0 Å². The lowest BCUT2D eigenvalue weighted by Crippen LogP contribution is -2.19. The fraction of sp³-hybridized carbons (Fsp3) is 0. The second-order valence-electron chi connectivity index (χ2n) is 4.96. The van der Waals surface area contributed by atoms with Gasteiger partial charge < -0.3 is 4.57 Å². The highest BCUT2D eigenvalue weighted by Gasteiger charge is 2.09. The molecule has 1 aromatic heterocycles. The van der Waals surface area contributed by atoms with Gasteiger partial charge in [-0.25, -0.2) is 9.82 Å². The van der Waals surface area contributed by atoms with E-state index in [2.05, 4.69) is 26.5 Å². The summed E-state index contributed by atoms with van der Waals surface area (Å²) in [6.45, 7) is 0. The second kappa shape index (κ2) is 7.23. The van der Waals surface area contributed by atoms with E-state index in [1.807, 2.05) is 47.2 Å². The van der Waals surface area contributed by atoms with Gasteiger partial charge in [0.15, 0.2) is 0 Å². The van der Waals surface area contributed by atoms with Crippen LogP contribution in [0.15, 0.2) is 76.4 Å². The van der Waals surface area contributed by atoms with Crippen LogP contribution >= 0.6 is 15.9 Å². The number of rotatable bonds is 4. The van der Waals surface area contributed by atoms with Crippen LogP contribution in [-0.4, -0.2) is 16.7 Å². The first kappa shape index (κ1) is 16.1. The number of benzene rings is 2. The van der Waals surface area contributed by atoms with E-state index in [9.17, 15) is 9.18 Å². The summed E-state index contributed by atoms with van der Waals surface area (Å²) in [5.74, 6) is -1.17. The molecule has 3 aromatic rings. The van der Waals surface area contributed by atoms with Gasteiger partial charge in [0, 0.05) is 16.4 Å². The van der Waals surface area contributed by atoms with E-state index in [1.165, 1.54) is 24.4 Å². The van der Waals surface area contributed by atoms with Crippen LogP contribution in [0.3, 0.4) is 0 Å². The lowest BCUT2D eigenvalue weighted by atomic mass is 10.2. The molecular weight excluding hydrogens is 373 g/mol. The van der Waals surface area contributed by atoms with Crippen molar-refractivity contribution in [2.45, 2.75) is 0 Å². The number of carbonyl (C=O) groups is 1. The molecule has 2 aromatic carbocycles. The van der Waals surface area contributed by atoms with Crippen molar-refractivity contribution in [1.29, 1.82) is 0 Å². The largest absolute Gasteiger partial charge is 0.316 e. The average Bonchev–Trinajstić information content (AvgIpc) is 3.03. The molecule has 0 fully saturated rings. The van der Waals surface area contributed by atoms with E-state index < -0.39 is 11.7 Å². The van der Waals surface area contributed by atoms with E-state index in [0.717, 1.165) is 15.9 Å². The van der Waals surface area contributed by atoms with E-state index in [-0.39, 0.29) is 5.56 Å². The van der Waals surface area contributed by atoms with E-state index in [0.29, 0.717) is 0 Å². The highest BCUT2D eigenvalue weighted by molar-refractivity contribution is 9.10. The summed E-state index contributed by atoms with van der Waals surface area (Å²) in [5, 5.41) is 3.92. The van der Waals surface area contributed by atoms with Gasteiger partial charge in [-0.15, -0.1) is 0 Å². The Morgan fingerprint density at radius 2 is 1.96 bits per heavy atom. The normalized spacial score (nSPS) is 10.9. The van der Waals surface area contributed by atoms with Crippen molar-refractivity contribution in [1.82, 2.24) is 9.99 Å². The maximum atomic E-state index is 13.5. The maximum absolute atomic E-state index is 13.5. The summed E-state index contributed by atoms with van der Waals surface area (Å²) in [5.41, 5.74) is 4.03. The van der Waals surface area contributed by atoms with Gasteiger partial charge in [0.05, 0.1) is 17.5 Å². The fourth-order valence-corrected chi connectivity index (χ4v) is 2.61. The third-order valence-electron chi connectivity index (χ3n) is 3.35. The number of nitrogens with one attached hydrogen (secondary N) is 1. The monoisotopic (exact) mass is 385 g/mol. The topological polar surface area (TPSA) is 46.4 Å². The fourth-order valence-electron chi connectivity index (χ4n) is 2.22. The summed E-state index contributed by atoms with van der Waals surface area (Å²) in [7, 11) is 0. The smallest absolute Gasteiger partial charge is 0.274 e. The Labute approximate surface area is 146 Å². The molecule has 0 radical (unpaired) electrons. The van der Waals surface area contributed by atoms with E-state index >= 15 is 0 Å². The number of hydrogen-bond donors (Lipinski definition) is 1. The van der Waals surface area contributed by atoms with E-state index in [1.54, 1.807) is 6.07 Å². The molecule has 0 bridgehead atoms. The van der Waals surface area contributed by atoms with Crippen molar-refractivity contribution in [3.8, 4) is 5.69 Å². The van der Waals surface area contributed by atoms with Crippen LogP contribution in [0.5, 0.6) is 0 Å². The maximum Gasteiger partial charge on any atom is 0.274 e. The number of hydrogen-bond acceptors (Lipinski definition) is 2. The van der Waals surface area contributed by atoms with Crippen LogP contribution in [0.2, 0.25) is 0 Å². The Morgan fingerprint density at radius 1 is 1.12 bits per heavy atom. The number of carbonyl (C=O) groups excluding carboxylic acids is 1. The molecule has 1 amide bonds. The summed E-state index contributed by atoms with van der Waals surface area (Å²) < 4.78 is 16.4. The second-order valence-corrected chi connectivity index (χ2v) is 5.88. The Bertz CT molecular complexity index is 905. The van der Waals surface area contributed by atoms with Gasteiger partial charge in [0.1, 0.15) is 5.82 Å².